The fourth-order valence-corrected chi connectivity index (χ4v) is 8.97. The lowest BCUT2D eigenvalue weighted by Gasteiger charge is -2.19. The minimum atomic E-state index is -0.275. The number of thiol groups is 1. The van der Waals surface area contributed by atoms with E-state index in [2.05, 4.69) is 12.6 Å². The normalized spacial score (nSPS) is 27.5. The molecule has 11 heavy (non-hydrogen) atoms. The molecule has 1 atom stereocenters. The Morgan fingerprint density at radius 2 is 2.36 bits per heavy atom. The quantitative estimate of drug-likeness (QED) is 0.409. The molecule has 0 saturated carbocycles. The fraction of sp³-hybridized carbons (Fsp3) is 1.00. The molecule has 1 fully saturated rings. The van der Waals surface area contributed by atoms with Crippen molar-refractivity contribution < 1.29 is 4.43 Å². The van der Waals surface area contributed by atoms with Gasteiger partial charge in [-0.05, 0) is 18.6 Å². The van der Waals surface area contributed by atoms with Gasteiger partial charge in [-0.1, -0.05) is 18.5 Å². The van der Waals surface area contributed by atoms with Crippen LogP contribution in [0.2, 0.25) is 12.1 Å². The first kappa shape index (κ1) is 9.83. The summed E-state index contributed by atoms with van der Waals surface area (Å²) in [7, 11) is -0.267. The van der Waals surface area contributed by atoms with Gasteiger partial charge < -0.3 is 4.43 Å². The van der Waals surface area contributed by atoms with Crippen LogP contribution >= 0.6 is 12.6 Å². The van der Waals surface area contributed by atoms with E-state index in [1.54, 1.807) is 12.1 Å². The number of rotatable bonds is 4. The van der Waals surface area contributed by atoms with Crippen LogP contribution in [-0.4, -0.2) is 30.0 Å². The molecule has 0 aromatic rings. The summed E-state index contributed by atoms with van der Waals surface area (Å²) in [6, 6.07) is 3.13. The zero-order valence-corrected chi connectivity index (χ0v) is 10.6. The van der Waals surface area contributed by atoms with Gasteiger partial charge in [0.1, 0.15) is 9.28 Å². The minimum Gasteiger partial charge on any atom is -0.428 e. The molecule has 1 saturated heterocycles. The molecular formula is C7H18OSSi2. The first-order chi connectivity index (χ1) is 5.43. The lowest BCUT2D eigenvalue weighted by atomic mass is 10.4. The Labute approximate surface area is 78.7 Å². The highest BCUT2D eigenvalue weighted by Gasteiger charge is 2.15. The second-order valence-corrected chi connectivity index (χ2v) is 11.8. The van der Waals surface area contributed by atoms with Crippen LogP contribution in [0.3, 0.4) is 0 Å². The molecule has 1 rings (SSSR count). The summed E-state index contributed by atoms with van der Waals surface area (Å²) in [5, 5.41) is 0. The third-order valence-electron chi connectivity index (χ3n) is 2.28. The summed E-state index contributed by atoms with van der Waals surface area (Å²) in [6.45, 7) is 1.09. The fourth-order valence-electron chi connectivity index (χ4n) is 1.58. The van der Waals surface area contributed by atoms with Crippen molar-refractivity contribution in [2.75, 3.05) is 12.4 Å². The van der Waals surface area contributed by atoms with Crippen LogP contribution in [0.5, 0.6) is 0 Å². The standard InChI is InChI=1S/C7H18OSSi2/c9-5-1-2-6-11-7-3-4-8-10-11/h9,11H,1-7,10H2. The van der Waals surface area contributed by atoms with E-state index in [0.29, 0.717) is 0 Å². The molecule has 1 nitrogen and oxygen atoms in total. The SMILES string of the molecule is SCCCC[SiH]1CCCO[SiH2]1. The van der Waals surface area contributed by atoms with E-state index in [9.17, 15) is 0 Å². The van der Waals surface area contributed by atoms with Crippen LogP contribution < -0.4 is 0 Å². The van der Waals surface area contributed by atoms with Crippen molar-refractivity contribution in [2.45, 2.75) is 31.4 Å². The molecule has 0 spiro atoms. The highest BCUT2D eigenvalue weighted by atomic mass is 32.1. The third kappa shape index (κ3) is 4.35. The maximum atomic E-state index is 5.59. The Balaban J connectivity index is 1.96. The van der Waals surface area contributed by atoms with Crippen LogP contribution in [0.15, 0.2) is 0 Å². The van der Waals surface area contributed by atoms with Gasteiger partial charge in [-0.2, -0.15) is 12.6 Å². The average molecular weight is 206 g/mol. The molecule has 0 N–H and O–H groups in total. The van der Waals surface area contributed by atoms with Crippen LogP contribution in [0.4, 0.5) is 0 Å². The zero-order valence-electron chi connectivity index (χ0n) is 7.09. The molecule has 66 valence electrons. The van der Waals surface area contributed by atoms with Crippen LogP contribution in [0, 0.1) is 0 Å². The van der Waals surface area contributed by atoms with E-state index in [-0.39, 0.29) is 17.6 Å². The van der Waals surface area contributed by atoms with Crippen molar-refractivity contribution in [3.8, 4) is 0 Å². The molecule has 0 amide bonds. The molecule has 0 aromatic heterocycles. The van der Waals surface area contributed by atoms with Gasteiger partial charge in [0.15, 0.2) is 0 Å². The molecule has 0 radical (unpaired) electrons. The van der Waals surface area contributed by atoms with Crippen molar-refractivity contribution in [1.29, 1.82) is 0 Å². The van der Waals surface area contributed by atoms with Gasteiger partial charge in [-0.3, -0.25) is 0 Å². The minimum absolute atomic E-state index is 0.00845. The predicted molar refractivity (Wildman–Crippen MR) is 59.0 cm³/mol. The van der Waals surface area contributed by atoms with Crippen molar-refractivity contribution in [3.05, 3.63) is 0 Å². The van der Waals surface area contributed by atoms with Crippen molar-refractivity contribution in [2.24, 2.45) is 0 Å². The van der Waals surface area contributed by atoms with E-state index in [4.69, 9.17) is 4.43 Å². The lowest BCUT2D eigenvalue weighted by molar-refractivity contribution is 0.335. The molecule has 4 heteroatoms. The summed E-state index contributed by atoms with van der Waals surface area (Å²) in [5.74, 6) is 1.07. The summed E-state index contributed by atoms with van der Waals surface area (Å²) < 4.78 is 5.59. The largest absolute Gasteiger partial charge is 0.428 e. The smallest absolute Gasteiger partial charge is 0.147 e. The molecule has 0 bridgehead atoms. The molecule has 0 aromatic carbocycles. The van der Waals surface area contributed by atoms with E-state index in [1.165, 1.54) is 19.3 Å². The Morgan fingerprint density at radius 1 is 1.45 bits per heavy atom. The second kappa shape index (κ2) is 6.28. The third-order valence-corrected chi connectivity index (χ3v) is 10.6. The molecule has 1 heterocycles. The Bertz CT molecular complexity index is 96.4. The number of hydrogen-bond acceptors (Lipinski definition) is 2. The van der Waals surface area contributed by atoms with Gasteiger partial charge in [0.25, 0.3) is 0 Å². The van der Waals surface area contributed by atoms with Crippen molar-refractivity contribution >= 4 is 30.2 Å². The molecule has 1 aliphatic heterocycles. The number of hydrogen-bond donors (Lipinski definition) is 1. The summed E-state index contributed by atoms with van der Waals surface area (Å²) in [5.41, 5.74) is 0. The van der Waals surface area contributed by atoms with Gasteiger partial charge >= 0.3 is 0 Å². The van der Waals surface area contributed by atoms with E-state index in [0.717, 1.165) is 12.4 Å². The monoisotopic (exact) mass is 206 g/mol. The Morgan fingerprint density at radius 3 is 3.00 bits per heavy atom. The van der Waals surface area contributed by atoms with Gasteiger partial charge in [-0.15, -0.1) is 0 Å². The van der Waals surface area contributed by atoms with E-state index < -0.39 is 0 Å². The highest BCUT2D eigenvalue weighted by Crippen LogP contribution is 2.11. The van der Waals surface area contributed by atoms with E-state index >= 15 is 0 Å². The van der Waals surface area contributed by atoms with Gasteiger partial charge in [0.2, 0.25) is 0 Å². The van der Waals surface area contributed by atoms with E-state index in [1.807, 2.05) is 0 Å². The maximum absolute atomic E-state index is 5.59. The first-order valence-corrected chi connectivity index (χ1v) is 10.7. The van der Waals surface area contributed by atoms with Gasteiger partial charge in [0.05, 0.1) is 8.31 Å². The molecule has 1 aliphatic rings. The van der Waals surface area contributed by atoms with Crippen molar-refractivity contribution in [1.82, 2.24) is 0 Å². The average Bonchev–Trinajstić information content (AvgIpc) is 2.07. The summed E-state index contributed by atoms with van der Waals surface area (Å²) in [6.07, 6.45) is 4.11. The molecule has 0 aliphatic carbocycles. The first-order valence-electron chi connectivity index (χ1n) is 4.62. The lowest BCUT2D eigenvalue weighted by Crippen LogP contribution is -2.29. The summed E-state index contributed by atoms with van der Waals surface area (Å²) in [4.78, 5) is 0. The maximum Gasteiger partial charge on any atom is 0.147 e. The number of unbranched alkanes of at least 4 members (excludes halogenated alkanes) is 1. The van der Waals surface area contributed by atoms with Gasteiger partial charge in [0, 0.05) is 6.61 Å². The highest BCUT2D eigenvalue weighted by molar-refractivity contribution is 7.80. The Hall–Kier alpha value is 0.744. The molecular weight excluding hydrogens is 188 g/mol. The van der Waals surface area contributed by atoms with Gasteiger partial charge in [-0.25, -0.2) is 0 Å². The Kier molecular flexibility index (Phi) is 5.61. The molecule has 1 unspecified atom stereocenters. The van der Waals surface area contributed by atoms with Crippen LogP contribution in [-0.2, 0) is 4.43 Å². The topological polar surface area (TPSA) is 9.23 Å². The zero-order chi connectivity index (χ0) is 7.94. The summed E-state index contributed by atoms with van der Waals surface area (Å²) >= 11 is 4.21. The predicted octanol–water partition coefficient (Wildman–Crippen LogP) is 0.924. The van der Waals surface area contributed by atoms with Crippen molar-refractivity contribution in [3.63, 3.8) is 0 Å². The second-order valence-electron chi connectivity index (χ2n) is 3.30. The van der Waals surface area contributed by atoms with Crippen LogP contribution in [0.25, 0.3) is 0 Å². The van der Waals surface area contributed by atoms with Crippen LogP contribution in [0.1, 0.15) is 19.3 Å².